The van der Waals surface area contributed by atoms with Crippen molar-refractivity contribution in [3.05, 3.63) is 59.2 Å². The SMILES string of the molecule is O=C(CCc1cncc(F)c1)Nc1ccc2c(c1)C(=O)CCC2. The fraction of sp³-hybridized carbons (Fsp3) is 0.278. The number of rotatable bonds is 4. The summed E-state index contributed by atoms with van der Waals surface area (Å²) in [6.07, 6.45) is 5.69. The zero-order valence-electron chi connectivity index (χ0n) is 12.6. The molecule has 5 heteroatoms. The van der Waals surface area contributed by atoms with E-state index in [-0.39, 0.29) is 18.1 Å². The molecular weight excluding hydrogens is 295 g/mol. The molecule has 4 nitrogen and oxygen atoms in total. The highest BCUT2D eigenvalue weighted by atomic mass is 19.1. The number of fused-ring (bicyclic) bond motifs is 1. The Hall–Kier alpha value is -2.56. The molecule has 23 heavy (non-hydrogen) atoms. The van der Waals surface area contributed by atoms with Crippen LogP contribution in [-0.4, -0.2) is 16.7 Å². The molecule has 0 aliphatic heterocycles. The summed E-state index contributed by atoms with van der Waals surface area (Å²) in [7, 11) is 0. The Balaban J connectivity index is 1.62. The Bertz CT molecular complexity index is 758. The number of ketones is 1. The monoisotopic (exact) mass is 312 g/mol. The number of Topliss-reactive ketones (excluding diaryl/α,β-unsaturated/α-hetero) is 1. The van der Waals surface area contributed by atoms with Crippen LogP contribution < -0.4 is 5.32 Å². The number of aromatic nitrogens is 1. The fourth-order valence-corrected chi connectivity index (χ4v) is 2.78. The van der Waals surface area contributed by atoms with Gasteiger partial charge in [-0.25, -0.2) is 4.39 Å². The van der Waals surface area contributed by atoms with Crippen molar-refractivity contribution in [2.75, 3.05) is 5.32 Å². The lowest BCUT2D eigenvalue weighted by molar-refractivity contribution is -0.116. The molecule has 1 N–H and O–H groups in total. The second-order valence-electron chi connectivity index (χ2n) is 5.71. The first-order valence-electron chi connectivity index (χ1n) is 7.67. The van der Waals surface area contributed by atoms with Gasteiger partial charge < -0.3 is 5.32 Å². The first-order valence-corrected chi connectivity index (χ1v) is 7.67. The Labute approximate surface area is 133 Å². The van der Waals surface area contributed by atoms with Gasteiger partial charge in [0.15, 0.2) is 5.78 Å². The third kappa shape index (κ3) is 3.80. The molecule has 2 aromatic rings. The van der Waals surface area contributed by atoms with E-state index in [4.69, 9.17) is 0 Å². The van der Waals surface area contributed by atoms with Crippen LogP contribution in [0.1, 0.15) is 40.7 Å². The van der Waals surface area contributed by atoms with E-state index in [0.29, 0.717) is 29.7 Å². The van der Waals surface area contributed by atoms with Gasteiger partial charge in [0, 0.05) is 30.3 Å². The number of halogens is 1. The van der Waals surface area contributed by atoms with Crippen molar-refractivity contribution in [2.24, 2.45) is 0 Å². The largest absolute Gasteiger partial charge is 0.326 e. The normalized spacial score (nSPS) is 13.5. The number of pyridine rings is 1. The van der Waals surface area contributed by atoms with Crippen LogP contribution in [0.4, 0.5) is 10.1 Å². The van der Waals surface area contributed by atoms with Gasteiger partial charge in [0.25, 0.3) is 0 Å². The van der Waals surface area contributed by atoms with Gasteiger partial charge in [-0.3, -0.25) is 14.6 Å². The van der Waals surface area contributed by atoms with E-state index in [1.165, 1.54) is 6.07 Å². The van der Waals surface area contributed by atoms with Crippen LogP contribution in [0.25, 0.3) is 0 Å². The van der Waals surface area contributed by atoms with Crippen LogP contribution in [0.3, 0.4) is 0 Å². The van der Waals surface area contributed by atoms with Gasteiger partial charge in [-0.15, -0.1) is 0 Å². The Morgan fingerprint density at radius 1 is 1.22 bits per heavy atom. The zero-order chi connectivity index (χ0) is 16.2. The molecule has 1 aliphatic rings. The average Bonchev–Trinajstić information content (AvgIpc) is 2.54. The van der Waals surface area contributed by atoms with Gasteiger partial charge in [0.2, 0.25) is 5.91 Å². The van der Waals surface area contributed by atoms with E-state index in [9.17, 15) is 14.0 Å². The molecule has 1 aromatic carbocycles. The topological polar surface area (TPSA) is 59.1 Å². The minimum atomic E-state index is -0.406. The van der Waals surface area contributed by atoms with E-state index in [1.54, 1.807) is 12.3 Å². The zero-order valence-corrected chi connectivity index (χ0v) is 12.6. The number of anilines is 1. The molecular formula is C18H17FN2O2. The van der Waals surface area contributed by atoms with Crippen LogP contribution in [-0.2, 0) is 17.6 Å². The number of aryl methyl sites for hydroxylation is 2. The van der Waals surface area contributed by atoms with E-state index < -0.39 is 5.82 Å². The highest BCUT2D eigenvalue weighted by Gasteiger charge is 2.17. The molecule has 0 unspecified atom stereocenters. The first-order chi connectivity index (χ1) is 11.1. The third-order valence-corrected chi connectivity index (χ3v) is 3.95. The van der Waals surface area contributed by atoms with Gasteiger partial charge in [-0.2, -0.15) is 0 Å². The van der Waals surface area contributed by atoms with Gasteiger partial charge in [-0.05, 0) is 48.6 Å². The molecule has 118 valence electrons. The molecule has 1 amide bonds. The van der Waals surface area contributed by atoms with Crippen LogP contribution in [0.15, 0.2) is 36.7 Å². The molecule has 0 bridgehead atoms. The highest BCUT2D eigenvalue weighted by molar-refractivity contribution is 6.00. The molecule has 0 atom stereocenters. The lowest BCUT2D eigenvalue weighted by atomic mass is 9.90. The van der Waals surface area contributed by atoms with Crippen LogP contribution in [0.2, 0.25) is 0 Å². The molecule has 1 aliphatic carbocycles. The lowest BCUT2D eigenvalue weighted by Crippen LogP contribution is -2.15. The van der Waals surface area contributed by atoms with Crippen molar-refractivity contribution >= 4 is 17.4 Å². The Morgan fingerprint density at radius 3 is 2.91 bits per heavy atom. The summed E-state index contributed by atoms with van der Waals surface area (Å²) in [5, 5.41) is 2.79. The number of benzene rings is 1. The molecule has 1 heterocycles. The molecule has 0 spiro atoms. The number of nitrogens with one attached hydrogen (secondary N) is 1. The van der Waals surface area contributed by atoms with E-state index in [2.05, 4.69) is 10.3 Å². The number of carbonyl (C=O) groups excluding carboxylic acids is 2. The van der Waals surface area contributed by atoms with E-state index in [0.717, 1.165) is 24.6 Å². The standard InChI is InChI=1S/C18H17FN2O2/c19-14-8-12(10-20-11-14)4-7-18(23)21-15-6-5-13-2-1-3-17(22)16(13)9-15/h5-6,8-11H,1-4,7H2,(H,21,23). The predicted octanol–water partition coefficient (Wildman–Crippen LogP) is 3.31. The first kappa shape index (κ1) is 15.3. The summed E-state index contributed by atoms with van der Waals surface area (Å²) in [6, 6.07) is 6.84. The number of hydrogen-bond donors (Lipinski definition) is 1. The third-order valence-electron chi connectivity index (χ3n) is 3.95. The van der Waals surface area contributed by atoms with Crippen molar-refractivity contribution in [1.82, 2.24) is 4.98 Å². The molecule has 0 saturated carbocycles. The van der Waals surface area contributed by atoms with Crippen LogP contribution in [0, 0.1) is 5.82 Å². The lowest BCUT2D eigenvalue weighted by Gasteiger charge is -2.16. The number of carbonyl (C=O) groups is 2. The van der Waals surface area contributed by atoms with Crippen molar-refractivity contribution in [2.45, 2.75) is 32.1 Å². The second kappa shape index (κ2) is 6.69. The maximum Gasteiger partial charge on any atom is 0.224 e. The summed E-state index contributed by atoms with van der Waals surface area (Å²) in [4.78, 5) is 27.7. The molecule has 0 fully saturated rings. The quantitative estimate of drug-likeness (QED) is 0.942. The molecule has 0 radical (unpaired) electrons. The maximum absolute atomic E-state index is 13.0. The van der Waals surface area contributed by atoms with Crippen LogP contribution in [0.5, 0.6) is 0 Å². The number of nitrogens with zero attached hydrogens (tertiary/aromatic N) is 1. The molecule has 0 saturated heterocycles. The Kier molecular flexibility index (Phi) is 4.46. The fourth-order valence-electron chi connectivity index (χ4n) is 2.78. The summed E-state index contributed by atoms with van der Waals surface area (Å²) < 4.78 is 13.0. The minimum absolute atomic E-state index is 0.133. The number of hydrogen-bond acceptors (Lipinski definition) is 3. The number of amides is 1. The van der Waals surface area contributed by atoms with Gasteiger partial charge in [0.05, 0.1) is 6.20 Å². The molecule has 1 aromatic heterocycles. The summed E-state index contributed by atoms with van der Waals surface area (Å²) in [5.74, 6) is -0.443. The minimum Gasteiger partial charge on any atom is -0.326 e. The van der Waals surface area contributed by atoms with Gasteiger partial charge in [-0.1, -0.05) is 6.07 Å². The van der Waals surface area contributed by atoms with Crippen molar-refractivity contribution in [3.8, 4) is 0 Å². The summed E-state index contributed by atoms with van der Waals surface area (Å²) in [5.41, 5.74) is 3.07. The van der Waals surface area contributed by atoms with Crippen molar-refractivity contribution in [1.29, 1.82) is 0 Å². The van der Waals surface area contributed by atoms with Gasteiger partial charge >= 0.3 is 0 Å². The average molecular weight is 312 g/mol. The highest BCUT2D eigenvalue weighted by Crippen LogP contribution is 2.24. The second-order valence-corrected chi connectivity index (χ2v) is 5.71. The molecule has 3 rings (SSSR count). The maximum atomic E-state index is 13.0. The Morgan fingerprint density at radius 2 is 2.09 bits per heavy atom. The van der Waals surface area contributed by atoms with E-state index >= 15 is 0 Å². The van der Waals surface area contributed by atoms with Crippen molar-refractivity contribution < 1.29 is 14.0 Å². The smallest absolute Gasteiger partial charge is 0.224 e. The van der Waals surface area contributed by atoms with Crippen LogP contribution >= 0.6 is 0 Å². The summed E-state index contributed by atoms with van der Waals surface area (Å²) in [6.45, 7) is 0. The van der Waals surface area contributed by atoms with Gasteiger partial charge in [0.1, 0.15) is 5.82 Å². The summed E-state index contributed by atoms with van der Waals surface area (Å²) >= 11 is 0. The van der Waals surface area contributed by atoms with E-state index in [1.807, 2.05) is 12.1 Å². The predicted molar refractivity (Wildman–Crippen MR) is 84.9 cm³/mol. The van der Waals surface area contributed by atoms with Crippen molar-refractivity contribution in [3.63, 3.8) is 0 Å².